The lowest BCUT2D eigenvalue weighted by Gasteiger charge is -2.33. The van der Waals surface area contributed by atoms with E-state index in [0.717, 1.165) is 38.8 Å². The molecule has 28 heavy (non-hydrogen) atoms. The second kappa shape index (κ2) is 6.76. The molecule has 1 atom stereocenters. The quantitative estimate of drug-likeness (QED) is 0.820. The first-order chi connectivity index (χ1) is 13.6. The molecule has 1 aliphatic heterocycles. The molecule has 3 aliphatic rings. The number of nitrogens with zero attached hydrogens (tertiary/aromatic N) is 4. The van der Waals surface area contributed by atoms with Gasteiger partial charge >= 0.3 is 6.01 Å². The van der Waals surface area contributed by atoms with E-state index in [1.54, 1.807) is 12.3 Å². The van der Waals surface area contributed by atoms with Crippen LogP contribution in [0.2, 0.25) is 0 Å². The number of carbonyl (C=O) groups is 1. The fourth-order valence-corrected chi connectivity index (χ4v) is 3.73. The van der Waals surface area contributed by atoms with Gasteiger partial charge in [-0.3, -0.25) is 4.79 Å². The molecule has 3 fully saturated rings. The molecule has 3 heterocycles. The van der Waals surface area contributed by atoms with Crippen molar-refractivity contribution in [2.24, 2.45) is 5.41 Å². The fraction of sp³-hybridized carbons (Fsp3) is 0.600. The van der Waals surface area contributed by atoms with Gasteiger partial charge < -0.3 is 19.4 Å². The fourth-order valence-electron chi connectivity index (χ4n) is 3.73. The van der Waals surface area contributed by atoms with Gasteiger partial charge in [-0.05, 0) is 56.9 Å². The molecule has 0 radical (unpaired) electrons. The molecule has 2 aromatic rings. The standard InChI is InChI=1S/C20H25N5O3/c1-13(18(26)25-10-8-20(6-7-20)9-11-25)22-19-24-23-17(28-19)14-2-5-16(21-12-14)27-15-3-4-15/h2,5,12-13,15H,3-4,6-11H2,1H3,(H,22,24)/t13-/m0/s1. The van der Waals surface area contributed by atoms with Crippen molar-refractivity contribution < 1.29 is 13.9 Å². The Hall–Kier alpha value is -2.64. The minimum atomic E-state index is -0.408. The van der Waals surface area contributed by atoms with Crippen LogP contribution in [-0.4, -0.2) is 51.2 Å². The Morgan fingerprint density at radius 1 is 1.25 bits per heavy atom. The summed E-state index contributed by atoms with van der Waals surface area (Å²) in [6.45, 7) is 3.53. The number of likely N-dealkylation sites (tertiary alicyclic amines) is 1. The topological polar surface area (TPSA) is 93.4 Å². The molecule has 1 amide bonds. The van der Waals surface area contributed by atoms with E-state index in [0.29, 0.717) is 28.9 Å². The summed E-state index contributed by atoms with van der Waals surface area (Å²) in [4.78, 5) is 18.9. The number of hydrogen-bond donors (Lipinski definition) is 1. The van der Waals surface area contributed by atoms with E-state index < -0.39 is 6.04 Å². The third-order valence-corrected chi connectivity index (χ3v) is 6.02. The molecule has 0 aromatic carbocycles. The summed E-state index contributed by atoms with van der Waals surface area (Å²) in [5.41, 5.74) is 1.27. The summed E-state index contributed by atoms with van der Waals surface area (Å²) in [6.07, 6.45) is 9.07. The number of nitrogens with one attached hydrogen (secondary N) is 1. The van der Waals surface area contributed by atoms with E-state index in [9.17, 15) is 4.79 Å². The van der Waals surface area contributed by atoms with Crippen LogP contribution in [0.25, 0.3) is 11.5 Å². The molecule has 0 unspecified atom stereocenters. The second-order valence-electron chi connectivity index (χ2n) is 8.31. The third-order valence-electron chi connectivity index (χ3n) is 6.02. The normalized spacial score (nSPS) is 21.4. The van der Waals surface area contributed by atoms with Gasteiger partial charge in [0.15, 0.2) is 0 Å². The Kier molecular flexibility index (Phi) is 4.21. The Morgan fingerprint density at radius 2 is 2.04 bits per heavy atom. The lowest BCUT2D eigenvalue weighted by atomic mass is 9.93. The molecule has 2 saturated carbocycles. The maximum absolute atomic E-state index is 12.7. The molecule has 1 saturated heterocycles. The maximum Gasteiger partial charge on any atom is 0.316 e. The maximum atomic E-state index is 12.7. The highest BCUT2D eigenvalue weighted by Crippen LogP contribution is 2.53. The summed E-state index contributed by atoms with van der Waals surface area (Å²) in [5, 5.41) is 11.1. The number of rotatable bonds is 6. The van der Waals surface area contributed by atoms with Gasteiger partial charge in [0, 0.05) is 25.4 Å². The van der Waals surface area contributed by atoms with Crippen LogP contribution >= 0.6 is 0 Å². The van der Waals surface area contributed by atoms with Crippen LogP contribution < -0.4 is 10.1 Å². The SMILES string of the molecule is C[C@H](Nc1nnc(-c2ccc(OC3CC3)nc2)o1)C(=O)N1CCC2(CC1)CC2. The molecular weight excluding hydrogens is 358 g/mol. The first kappa shape index (κ1) is 17.5. The van der Waals surface area contributed by atoms with Crippen molar-refractivity contribution in [2.75, 3.05) is 18.4 Å². The predicted octanol–water partition coefficient (Wildman–Crippen LogP) is 2.88. The molecule has 0 bridgehead atoms. The van der Waals surface area contributed by atoms with Crippen molar-refractivity contribution in [1.29, 1.82) is 0 Å². The monoisotopic (exact) mass is 383 g/mol. The van der Waals surface area contributed by atoms with Crippen LogP contribution in [0.4, 0.5) is 6.01 Å². The highest BCUT2D eigenvalue weighted by molar-refractivity contribution is 5.83. The molecule has 2 aliphatic carbocycles. The highest BCUT2D eigenvalue weighted by atomic mass is 16.5. The average molecular weight is 383 g/mol. The third kappa shape index (κ3) is 3.68. The van der Waals surface area contributed by atoms with Gasteiger partial charge in [0.05, 0.1) is 5.56 Å². The second-order valence-corrected chi connectivity index (χ2v) is 8.31. The van der Waals surface area contributed by atoms with Crippen molar-refractivity contribution in [3.8, 4) is 17.3 Å². The Bertz CT molecular complexity index is 847. The molecule has 1 spiro atoms. The number of carbonyl (C=O) groups excluding carboxylic acids is 1. The number of aromatic nitrogens is 3. The van der Waals surface area contributed by atoms with E-state index in [1.807, 2.05) is 17.9 Å². The van der Waals surface area contributed by atoms with Crippen LogP contribution in [0.5, 0.6) is 5.88 Å². The predicted molar refractivity (Wildman–Crippen MR) is 102 cm³/mol. The van der Waals surface area contributed by atoms with E-state index in [1.165, 1.54) is 12.8 Å². The minimum absolute atomic E-state index is 0.0819. The number of anilines is 1. The first-order valence-corrected chi connectivity index (χ1v) is 10.1. The zero-order chi connectivity index (χ0) is 19.1. The van der Waals surface area contributed by atoms with Gasteiger partial charge in [0.2, 0.25) is 11.8 Å². The number of amides is 1. The van der Waals surface area contributed by atoms with Crippen LogP contribution in [-0.2, 0) is 4.79 Å². The molecule has 8 heteroatoms. The van der Waals surface area contributed by atoms with E-state index in [2.05, 4.69) is 20.5 Å². The molecule has 148 valence electrons. The van der Waals surface area contributed by atoms with Crippen LogP contribution in [0.3, 0.4) is 0 Å². The molecule has 2 aromatic heterocycles. The smallest absolute Gasteiger partial charge is 0.316 e. The van der Waals surface area contributed by atoms with E-state index in [4.69, 9.17) is 9.15 Å². The molecule has 8 nitrogen and oxygen atoms in total. The first-order valence-electron chi connectivity index (χ1n) is 10.1. The van der Waals surface area contributed by atoms with E-state index in [-0.39, 0.29) is 11.9 Å². The number of pyridine rings is 1. The van der Waals surface area contributed by atoms with Crippen molar-refractivity contribution in [3.05, 3.63) is 18.3 Å². The van der Waals surface area contributed by atoms with Crippen LogP contribution in [0.1, 0.15) is 45.4 Å². The number of ether oxygens (including phenoxy) is 1. The van der Waals surface area contributed by atoms with Gasteiger partial charge in [-0.2, -0.15) is 0 Å². The largest absolute Gasteiger partial charge is 0.474 e. The van der Waals surface area contributed by atoms with Crippen molar-refractivity contribution in [2.45, 2.75) is 57.6 Å². The van der Waals surface area contributed by atoms with Crippen LogP contribution in [0, 0.1) is 5.41 Å². The summed E-state index contributed by atoms with van der Waals surface area (Å²) < 4.78 is 11.3. The van der Waals surface area contributed by atoms with Crippen molar-refractivity contribution >= 4 is 11.9 Å². The zero-order valence-electron chi connectivity index (χ0n) is 16.1. The molecule has 1 N–H and O–H groups in total. The summed E-state index contributed by atoms with van der Waals surface area (Å²) in [6, 6.07) is 3.48. The van der Waals surface area contributed by atoms with Gasteiger partial charge in [0.1, 0.15) is 12.1 Å². The van der Waals surface area contributed by atoms with Gasteiger partial charge in [-0.1, -0.05) is 5.10 Å². The Balaban J connectivity index is 1.18. The van der Waals surface area contributed by atoms with Gasteiger partial charge in [0.25, 0.3) is 5.89 Å². The van der Waals surface area contributed by atoms with Crippen molar-refractivity contribution in [3.63, 3.8) is 0 Å². The summed E-state index contributed by atoms with van der Waals surface area (Å²) in [7, 11) is 0. The number of hydrogen-bond acceptors (Lipinski definition) is 7. The summed E-state index contributed by atoms with van der Waals surface area (Å²) in [5.74, 6) is 1.05. The van der Waals surface area contributed by atoms with Gasteiger partial charge in [-0.25, -0.2) is 4.98 Å². The minimum Gasteiger partial charge on any atom is -0.474 e. The molecule has 5 rings (SSSR count). The van der Waals surface area contributed by atoms with E-state index >= 15 is 0 Å². The lowest BCUT2D eigenvalue weighted by Crippen LogP contribution is -2.45. The van der Waals surface area contributed by atoms with Crippen molar-refractivity contribution in [1.82, 2.24) is 20.1 Å². The van der Waals surface area contributed by atoms with Gasteiger partial charge in [-0.15, -0.1) is 5.10 Å². The highest BCUT2D eigenvalue weighted by Gasteiger charge is 2.45. The summed E-state index contributed by atoms with van der Waals surface area (Å²) >= 11 is 0. The lowest BCUT2D eigenvalue weighted by molar-refractivity contribution is -0.133. The van der Waals surface area contributed by atoms with Crippen LogP contribution in [0.15, 0.2) is 22.7 Å². The zero-order valence-corrected chi connectivity index (χ0v) is 16.1. The average Bonchev–Trinajstić information content (AvgIpc) is 3.63. The number of piperidine rings is 1. The molecular formula is C20H25N5O3. The Morgan fingerprint density at radius 3 is 2.68 bits per heavy atom. The Labute approximate surface area is 163 Å².